The van der Waals surface area contributed by atoms with E-state index in [1.54, 1.807) is 6.20 Å². The lowest BCUT2D eigenvalue weighted by Crippen LogP contribution is -2.12. The molecular formula is C6H7BClN. The minimum atomic E-state index is 0.625. The fourth-order valence-electron chi connectivity index (χ4n) is 0.683. The number of rotatable bonds is 1. The van der Waals surface area contributed by atoms with Crippen LogP contribution in [-0.2, 0) is 0 Å². The first kappa shape index (κ1) is 6.62. The first-order valence-electron chi connectivity index (χ1n) is 2.94. The summed E-state index contributed by atoms with van der Waals surface area (Å²) in [6.45, 7) is 2.06. The van der Waals surface area contributed by atoms with Crippen molar-refractivity contribution >= 4 is 24.3 Å². The summed E-state index contributed by atoms with van der Waals surface area (Å²) in [5.74, 6) is 0. The molecule has 0 amide bonds. The molecule has 0 aliphatic carbocycles. The van der Waals surface area contributed by atoms with E-state index in [-0.39, 0.29) is 0 Å². The maximum Gasteiger partial charge on any atom is 0.158 e. The van der Waals surface area contributed by atoms with Crippen LogP contribution in [0.4, 0.5) is 0 Å². The van der Waals surface area contributed by atoms with Crippen LogP contribution in [0.5, 0.6) is 0 Å². The van der Waals surface area contributed by atoms with Crippen LogP contribution in [0.15, 0.2) is 18.3 Å². The lowest BCUT2D eigenvalue weighted by atomic mass is 9.74. The second-order valence-electron chi connectivity index (χ2n) is 1.81. The van der Waals surface area contributed by atoms with Gasteiger partial charge in [0, 0.05) is 6.20 Å². The van der Waals surface area contributed by atoms with E-state index in [9.17, 15) is 0 Å². The number of hydrogen-bond acceptors (Lipinski definition) is 1. The van der Waals surface area contributed by atoms with Crippen LogP contribution in [0.3, 0.4) is 0 Å². The molecule has 0 N–H and O–H groups in total. The van der Waals surface area contributed by atoms with Gasteiger partial charge < -0.3 is 0 Å². The third-order valence-corrected chi connectivity index (χ3v) is 1.56. The van der Waals surface area contributed by atoms with Crippen molar-refractivity contribution < 1.29 is 0 Å². The molecule has 0 aliphatic heterocycles. The fourth-order valence-corrected chi connectivity index (χ4v) is 0.936. The average Bonchev–Trinajstić information content (AvgIpc) is 1.89. The molecule has 1 heterocycles. The maximum atomic E-state index is 5.71. The van der Waals surface area contributed by atoms with Gasteiger partial charge in [0.05, 0.1) is 0 Å². The lowest BCUT2D eigenvalue weighted by Gasteiger charge is -1.94. The summed E-state index contributed by atoms with van der Waals surface area (Å²) in [6, 6.07) is 3.88. The van der Waals surface area contributed by atoms with Gasteiger partial charge in [-0.05, 0) is 11.5 Å². The third kappa shape index (κ3) is 1.45. The highest BCUT2D eigenvalue weighted by molar-refractivity contribution is 6.56. The number of nitrogens with zero attached hydrogens (tertiary/aromatic N) is 1. The largest absolute Gasteiger partial charge is 0.245 e. The summed E-state index contributed by atoms with van der Waals surface area (Å²) in [6.07, 6.45) is 1.70. The van der Waals surface area contributed by atoms with Crippen LogP contribution in [0, 0.1) is 0 Å². The van der Waals surface area contributed by atoms with Crippen LogP contribution < -0.4 is 5.46 Å². The molecule has 0 fully saturated rings. The van der Waals surface area contributed by atoms with Crippen LogP contribution in [-0.4, -0.2) is 12.3 Å². The molecule has 0 atom stereocenters. The third-order valence-electron chi connectivity index (χ3n) is 1.22. The van der Waals surface area contributed by atoms with Gasteiger partial charge in [0.2, 0.25) is 0 Å². The first-order chi connectivity index (χ1) is 4.34. The van der Waals surface area contributed by atoms with Gasteiger partial charge in [-0.15, -0.1) is 0 Å². The predicted octanol–water partition coefficient (Wildman–Crippen LogP) is 0.845. The monoisotopic (exact) mass is 139 g/mol. The summed E-state index contributed by atoms with van der Waals surface area (Å²) < 4.78 is 0. The molecule has 46 valence electrons. The predicted molar refractivity (Wildman–Crippen MR) is 41.9 cm³/mol. The Kier molecular flexibility index (Phi) is 2.12. The second-order valence-corrected chi connectivity index (χ2v) is 2.16. The van der Waals surface area contributed by atoms with Gasteiger partial charge in [-0.3, -0.25) is 0 Å². The topological polar surface area (TPSA) is 12.9 Å². The molecule has 0 spiro atoms. The molecule has 1 aromatic rings. The lowest BCUT2D eigenvalue weighted by molar-refractivity contribution is 1.35. The van der Waals surface area contributed by atoms with Crippen LogP contribution in [0.1, 0.15) is 0 Å². The molecule has 0 bridgehead atoms. The normalized spacial score (nSPS) is 9.11. The summed E-state index contributed by atoms with van der Waals surface area (Å²) in [5, 5.41) is 0.625. The molecule has 1 rings (SSSR count). The van der Waals surface area contributed by atoms with Gasteiger partial charge in [0.1, 0.15) is 5.15 Å². The molecule has 0 aliphatic rings. The minimum Gasteiger partial charge on any atom is -0.245 e. The average molecular weight is 139 g/mol. The molecule has 3 heteroatoms. The molecular weight excluding hydrogens is 132 g/mol. The SMILES string of the molecule is CBc1cccnc1Cl. The summed E-state index contributed by atoms with van der Waals surface area (Å²) in [7, 11) is 0.951. The van der Waals surface area contributed by atoms with Crippen molar-refractivity contribution in [2.24, 2.45) is 0 Å². The van der Waals surface area contributed by atoms with Gasteiger partial charge >= 0.3 is 0 Å². The second kappa shape index (κ2) is 2.88. The van der Waals surface area contributed by atoms with E-state index in [0.29, 0.717) is 5.15 Å². The Balaban J connectivity index is 3.01. The molecule has 1 nitrogen and oxygen atoms in total. The van der Waals surface area contributed by atoms with Crippen molar-refractivity contribution in [3.8, 4) is 0 Å². The van der Waals surface area contributed by atoms with E-state index in [4.69, 9.17) is 11.6 Å². The zero-order chi connectivity index (χ0) is 6.69. The molecule has 0 unspecified atom stereocenters. The Morgan fingerprint density at radius 1 is 1.67 bits per heavy atom. The highest BCUT2D eigenvalue weighted by Gasteiger charge is 1.94. The molecule has 1 aromatic heterocycles. The van der Waals surface area contributed by atoms with E-state index in [1.807, 2.05) is 12.1 Å². The Bertz CT molecular complexity index is 202. The standard InChI is InChI=1S/C6H7BClN/c1-7-5-3-2-4-9-6(5)8/h2-4,7H,1H3. The van der Waals surface area contributed by atoms with Gasteiger partial charge in [-0.25, -0.2) is 4.98 Å². The maximum absolute atomic E-state index is 5.71. The fraction of sp³-hybridized carbons (Fsp3) is 0.167. The highest BCUT2D eigenvalue weighted by Crippen LogP contribution is 1.96. The van der Waals surface area contributed by atoms with Crippen molar-refractivity contribution in [3.63, 3.8) is 0 Å². The van der Waals surface area contributed by atoms with Crippen molar-refractivity contribution in [2.45, 2.75) is 6.82 Å². The number of halogens is 1. The van der Waals surface area contributed by atoms with Crippen LogP contribution >= 0.6 is 11.6 Å². The van der Waals surface area contributed by atoms with E-state index in [0.717, 1.165) is 12.7 Å². The van der Waals surface area contributed by atoms with Crippen LogP contribution in [0.25, 0.3) is 0 Å². The smallest absolute Gasteiger partial charge is 0.158 e. The minimum absolute atomic E-state index is 0.625. The highest BCUT2D eigenvalue weighted by atomic mass is 35.5. The van der Waals surface area contributed by atoms with Crippen molar-refractivity contribution in [1.29, 1.82) is 0 Å². The summed E-state index contributed by atoms with van der Waals surface area (Å²) in [4.78, 5) is 3.92. The Morgan fingerprint density at radius 3 is 2.89 bits per heavy atom. The number of aromatic nitrogens is 1. The zero-order valence-electron chi connectivity index (χ0n) is 5.26. The summed E-state index contributed by atoms with van der Waals surface area (Å²) >= 11 is 5.71. The Labute approximate surface area is 60.3 Å². The Morgan fingerprint density at radius 2 is 2.44 bits per heavy atom. The molecule has 0 saturated heterocycles. The molecule has 9 heavy (non-hydrogen) atoms. The quantitative estimate of drug-likeness (QED) is 0.415. The summed E-state index contributed by atoms with van der Waals surface area (Å²) in [5.41, 5.74) is 1.11. The van der Waals surface area contributed by atoms with E-state index >= 15 is 0 Å². The van der Waals surface area contributed by atoms with Crippen molar-refractivity contribution in [1.82, 2.24) is 4.98 Å². The van der Waals surface area contributed by atoms with Crippen molar-refractivity contribution in [3.05, 3.63) is 23.5 Å². The van der Waals surface area contributed by atoms with Gasteiger partial charge in [-0.1, -0.05) is 24.5 Å². The van der Waals surface area contributed by atoms with E-state index in [2.05, 4.69) is 11.8 Å². The van der Waals surface area contributed by atoms with E-state index in [1.165, 1.54) is 0 Å². The molecule has 0 aromatic carbocycles. The van der Waals surface area contributed by atoms with Gasteiger partial charge in [-0.2, -0.15) is 0 Å². The molecule has 0 radical (unpaired) electrons. The number of pyridine rings is 1. The van der Waals surface area contributed by atoms with E-state index < -0.39 is 0 Å². The van der Waals surface area contributed by atoms with Gasteiger partial charge in [0.15, 0.2) is 7.28 Å². The zero-order valence-corrected chi connectivity index (χ0v) is 6.02. The van der Waals surface area contributed by atoms with Crippen LogP contribution in [0.2, 0.25) is 12.0 Å². The van der Waals surface area contributed by atoms with Gasteiger partial charge in [0.25, 0.3) is 0 Å². The molecule has 0 saturated carbocycles. The Hall–Kier alpha value is -0.495. The number of hydrogen-bond donors (Lipinski definition) is 0. The first-order valence-corrected chi connectivity index (χ1v) is 3.31. The van der Waals surface area contributed by atoms with Crippen molar-refractivity contribution in [2.75, 3.05) is 0 Å².